The Bertz CT molecular complexity index is 897. The van der Waals surface area contributed by atoms with E-state index in [1.807, 2.05) is 13.8 Å². The van der Waals surface area contributed by atoms with Crippen molar-refractivity contribution in [3.05, 3.63) is 42.0 Å². The molecule has 0 unspecified atom stereocenters. The molecule has 0 aromatic heterocycles. The monoisotopic (exact) mass is 415 g/mol. The van der Waals surface area contributed by atoms with Gasteiger partial charge in [-0.1, -0.05) is 6.07 Å². The summed E-state index contributed by atoms with van der Waals surface area (Å²) in [6.45, 7) is 5.32. The Morgan fingerprint density at radius 2 is 1.67 bits per heavy atom. The smallest absolute Gasteiger partial charge is 0.310 e. The van der Waals surface area contributed by atoms with Crippen LogP contribution >= 0.6 is 0 Å². The number of benzene rings is 2. The fraction of sp³-hybridized carbons (Fsp3) is 0.364. The Morgan fingerprint density at radius 3 is 2.43 bits per heavy atom. The van der Waals surface area contributed by atoms with E-state index in [4.69, 9.17) is 23.7 Å². The molecule has 160 valence electrons. The largest absolute Gasteiger partial charge is 0.490 e. The molecular weight excluding hydrogens is 390 g/mol. The third-order valence-corrected chi connectivity index (χ3v) is 4.15. The van der Waals surface area contributed by atoms with Crippen LogP contribution in [-0.4, -0.2) is 44.9 Å². The molecule has 2 aromatic carbocycles. The number of carbonyl (C=O) groups is 2. The van der Waals surface area contributed by atoms with Gasteiger partial charge in [-0.15, -0.1) is 0 Å². The maximum absolute atomic E-state index is 12.1. The lowest BCUT2D eigenvalue weighted by Gasteiger charge is -2.19. The van der Waals surface area contributed by atoms with E-state index in [-0.39, 0.29) is 13.0 Å². The first-order valence-electron chi connectivity index (χ1n) is 9.82. The normalized spacial score (nSPS) is 12.1. The third kappa shape index (κ3) is 5.79. The molecule has 0 atom stereocenters. The third-order valence-electron chi connectivity index (χ3n) is 4.15. The summed E-state index contributed by atoms with van der Waals surface area (Å²) in [5.41, 5.74) is 1.24. The summed E-state index contributed by atoms with van der Waals surface area (Å²) in [4.78, 5) is 24.2. The molecule has 2 aromatic rings. The molecule has 1 aliphatic rings. The van der Waals surface area contributed by atoms with Crippen LogP contribution in [0.3, 0.4) is 0 Å². The molecule has 3 rings (SSSR count). The van der Waals surface area contributed by atoms with E-state index < -0.39 is 11.9 Å². The van der Waals surface area contributed by atoms with E-state index >= 15 is 0 Å². The molecule has 1 aliphatic heterocycles. The van der Waals surface area contributed by atoms with Crippen LogP contribution in [0.1, 0.15) is 19.4 Å². The molecule has 0 saturated heterocycles. The minimum absolute atomic E-state index is 0.0176. The summed E-state index contributed by atoms with van der Waals surface area (Å²) in [7, 11) is 0. The van der Waals surface area contributed by atoms with Gasteiger partial charge in [0.1, 0.15) is 13.2 Å². The molecule has 1 heterocycles. The number of rotatable bonds is 9. The number of fused-ring (bicyclic) bond motifs is 1. The topological polar surface area (TPSA) is 92.3 Å². The first-order valence-corrected chi connectivity index (χ1v) is 9.82. The highest BCUT2D eigenvalue weighted by atomic mass is 16.6. The highest BCUT2D eigenvalue weighted by molar-refractivity contribution is 5.93. The average molecular weight is 415 g/mol. The van der Waals surface area contributed by atoms with Gasteiger partial charge in [-0.2, -0.15) is 0 Å². The van der Waals surface area contributed by atoms with Crippen molar-refractivity contribution in [2.45, 2.75) is 20.3 Å². The summed E-state index contributed by atoms with van der Waals surface area (Å²) in [5.74, 6) is 1.43. The maximum atomic E-state index is 12.1. The lowest BCUT2D eigenvalue weighted by molar-refractivity contribution is -0.146. The quantitative estimate of drug-likeness (QED) is 0.630. The number of nitrogens with one attached hydrogen (secondary N) is 1. The predicted octanol–water partition coefficient (Wildman–Crippen LogP) is 2.98. The van der Waals surface area contributed by atoms with Gasteiger partial charge in [0.25, 0.3) is 5.91 Å². The lowest BCUT2D eigenvalue weighted by atomic mass is 10.1. The molecular formula is C22H25NO7. The van der Waals surface area contributed by atoms with Crippen LogP contribution in [0.5, 0.6) is 23.0 Å². The van der Waals surface area contributed by atoms with Crippen LogP contribution in [0.15, 0.2) is 36.4 Å². The molecule has 0 spiro atoms. The highest BCUT2D eigenvalue weighted by Crippen LogP contribution is 2.32. The van der Waals surface area contributed by atoms with Crippen LogP contribution < -0.4 is 24.3 Å². The van der Waals surface area contributed by atoms with E-state index in [1.54, 1.807) is 36.4 Å². The minimum atomic E-state index is -0.515. The molecule has 1 N–H and O–H groups in total. The van der Waals surface area contributed by atoms with Crippen molar-refractivity contribution in [2.75, 3.05) is 38.4 Å². The summed E-state index contributed by atoms with van der Waals surface area (Å²) in [6.07, 6.45) is 0.0176. The van der Waals surface area contributed by atoms with E-state index in [0.29, 0.717) is 60.7 Å². The van der Waals surface area contributed by atoms with Crippen molar-refractivity contribution < 1.29 is 33.3 Å². The second kappa shape index (κ2) is 10.4. The molecule has 1 amide bonds. The van der Waals surface area contributed by atoms with Crippen LogP contribution in [0, 0.1) is 0 Å². The van der Waals surface area contributed by atoms with Crippen LogP contribution in [-0.2, 0) is 20.7 Å². The van der Waals surface area contributed by atoms with E-state index in [2.05, 4.69) is 5.32 Å². The van der Waals surface area contributed by atoms with Gasteiger partial charge in [-0.05, 0) is 43.7 Å². The molecule has 0 radical (unpaired) electrons. The number of ether oxygens (including phenoxy) is 5. The number of hydrogen-bond acceptors (Lipinski definition) is 7. The van der Waals surface area contributed by atoms with Crippen LogP contribution in [0.4, 0.5) is 5.69 Å². The predicted molar refractivity (Wildman–Crippen MR) is 110 cm³/mol. The van der Waals surface area contributed by atoms with Gasteiger partial charge in [-0.25, -0.2) is 0 Å². The SMILES string of the molecule is CCOc1ccc(CC(=O)OCC(=O)Nc2ccc3c(c2)OCCO3)cc1OCC. The molecule has 0 saturated carbocycles. The molecule has 8 nitrogen and oxygen atoms in total. The molecule has 8 heteroatoms. The molecule has 0 bridgehead atoms. The fourth-order valence-corrected chi connectivity index (χ4v) is 2.89. The lowest BCUT2D eigenvalue weighted by Crippen LogP contribution is -2.22. The average Bonchev–Trinajstić information content (AvgIpc) is 2.74. The van der Waals surface area contributed by atoms with Gasteiger partial charge in [0.05, 0.1) is 19.6 Å². The summed E-state index contributed by atoms with van der Waals surface area (Å²) >= 11 is 0. The standard InChI is InChI=1S/C22H25NO7/c1-3-26-17-7-5-15(11-19(17)27-4-2)12-22(25)30-14-21(24)23-16-6-8-18-20(13-16)29-10-9-28-18/h5-8,11,13H,3-4,9-10,12,14H2,1-2H3,(H,23,24). The van der Waals surface area contributed by atoms with Crippen LogP contribution in [0.2, 0.25) is 0 Å². The van der Waals surface area contributed by atoms with Crippen molar-refractivity contribution in [3.8, 4) is 23.0 Å². The molecule has 0 aliphatic carbocycles. The Balaban J connectivity index is 1.50. The number of esters is 1. The van der Waals surface area contributed by atoms with Crippen molar-refractivity contribution >= 4 is 17.6 Å². The second-order valence-electron chi connectivity index (χ2n) is 6.39. The van der Waals surface area contributed by atoms with Gasteiger partial charge in [0, 0.05) is 11.8 Å². The van der Waals surface area contributed by atoms with E-state index in [0.717, 1.165) is 0 Å². The van der Waals surface area contributed by atoms with E-state index in [1.165, 1.54) is 0 Å². The van der Waals surface area contributed by atoms with Crippen molar-refractivity contribution in [1.82, 2.24) is 0 Å². The number of hydrogen-bond donors (Lipinski definition) is 1. The minimum Gasteiger partial charge on any atom is -0.490 e. The second-order valence-corrected chi connectivity index (χ2v) is 6.39. The number of carbonyl (C=O) groups excluding carboxylic acids is 2. The summed E-state index contributed by atoms with van der Waals surface area (Å²) in [6, 6.07) is 10.4. The van der Waals surface area contributed by atoms with Crippen molar-refractivity contribution in [2.24, 2.45) is 0 Å². The zero-order valence-corrected chi connectivity index (χ0v) is 17.1. The Hall–Kier alpha value is -3.42. The Morgan fingerprint density at radius 1 is 0.933 bits per heavy atom. The highest BCUT2D eigenvalue weighted by Gasteiger charge is 2.14. The summed E-state index contributed by atoms with van der Waals surface area (Å²) < 4.78 is 27.1. The first kappa shape index (κ1) is 21.3. The van der Waals surface area contributed by atoms with Gasteiger partial charge < -0.3 is 29.0 Å². The Labute approximate surface area is 175 Å². The summed E-state index contributed by atoms with van der Waals surface area (Å²) in [5, 5.41) is 2.67. The number of anilines is 1. The van der Waals surface area contributed by atoms with Gasteiger partial charge in [0.15, 0.2) is 29.6 Å². The van der Waals surface area contributed by atoms with Gasteiger partial charge in [-0.3, -0.25) is 9.59 Å². The fourth-order valence-electron chi connectivity index (χ4n) is 2.89. The van der Waals surface area contributed by atoms with Gasteiger partial charge in [0.2, 0.25) is 0 Å². The van der Waals surface area contributed by atoms with E-state index in [9.17, 15) is 9.59 Å². The molecule has 30 heavy (non-hydrogen) atoms. The number of amides is 1. The zero-order chi connectivity index (χ0) is 21.3. The molecule has 0 fully saturated rings. The van der Waals surface area contributed by atoms with Crippen LogP contribution in [0.25, 0.3) is 0 Å². The maximum Gasteiger partial charge on any atom is 0.310 e. The van der Waals surface area contributed by atoms with Crippen molar-refractivity contribution in [1.29, 1.82) is 0 Å². The zero-order valence-electron chi connectivity index (χ0n) is 17.1. The first-order chi connectivity index (χ1) is 14.6. The van der Waals surface area contributed by atoms with Crippen molar-refractivity contribution in [3.63, 3.8) is 0 Å². The van der Waals surface area contributed by atoms with Gasteiger partial charge >= 0.3 is 5.97 Å². The Kier molecular flexibility index (Phi) is 7.37.